The van der Waals surface area contributed by atoms with Crippen LogP contribution in [0.15, 0.2) is 12.1 Å². The summed E-state index contributed by atoms with van der Waals surface area (Å²) >= 11 is 0. The lowest BCUT2D eigenvalue weighted by Crippen LogP contribution is -2.42. The molecule has 5 nitrogen and oxygen atoms in total. The number of hydrogen-bond acceptors (Lipinski definition) is 4. The van der Waals surface area contributed by atoms with E-state index in [4.69, 9.17) is 5.73 Å². The lowest BCUT2D eigenvalue weighted by atomic mass is 9.66. The molecule has 1 aliphatic heterocycles. The summed E-state index contributed by atoms with van der Waals surface area (Å²) in [6.45, 7) is 4.45. The zero-order valence-electron chi connectivity index (χ0n) is 12.7. The van der Waals surface area contributed by atoms with Crippen LogP contribution in [0, 0.1) is 11.3 Å². The number of carbonyl (C=O) groups excluding carboxylic acids is 1. The van der Waals surface area contributed by atoms with E-state index in [1.54, 1.807) is 6.07 Å². The molecule has 1 aromatic heterocycles. The minimum absolute atomic E-state index is 0.230. The maximum Gasteiger partial charge on any atom is 0.269 e. The first-order valence-electron chi connectivity index (χ1n) is 7.96. The molecule has 1 spiro atoms. The Bertz CT molecular complexity index is 496. The average molecular weight is 288 g/mol. The van der Waals surface area contributed by atoms with E-state index in [9.17, 15) is 4.79 Å². The fourth-order valence-corrected chi connectivity index (χ4v) is 3.71. The van der Waals surface area contributed by atoms with Gasteiger partial charge in [0, 0.05) is 13.1 Å². The number of nitrogens with zero attached hydrogens (tertiary/aromatic N) is 3. The number of piperidine rings is 1. The van der Waals surface area contributed by atoms with Gasteiger partial charge in [-0.1, -0.05) is 19.8 Å². The Hall–Kier alpha value is -1.65. The Kier molecular flexibility index (Phi) is 3.83. The smallest absolute Gasteiger partial charge is 0.269 e. The first-order valence-corrected chi connectivity index (χ1v) is 7.96. The molecule has 0 unspecified atom stereocenters. The van der Waals surface area contributed by atoms with Gasteiger partial charge in [0.25, 0.3) is 5.91 Å². The fraction of sp³-hybridized carbons (Fsp3) is 0.688. The van der Waals surface area contributed by atoms with Crippen molar-refractivity contribution < 1.29 is 4.79 Å². The highest BCUT2D eigenvalue weighted by Crippen LogP contribution is 2.46. The van der Waals surface area contributed by atoms with Crippen molar-refractivity contribution in [1.29, 1.82) is 0 Å². The molecule has 1 aromatic rings. The van der Waals surface area contributed by atoms with E-state index >= 15 is 0 Å². The van der Waals surface area contributed by atoms with Crippen LogP contribution in [0.25, 0.3) is 0 Å². The Labute approximate surface area is 125 Å². The Balaban J connectivity index is 1.61. The van der Waals surface area contributed by atoms with Crippen LogP contribution < -0.4 is 10.6 Å². The molecular weight excluding hydrogens is 264 g/mol. The number of primary amides is 1. The first-order chi connectivity index (χ1) is 10.1. The molecule has 1 saturated carbocycles. The lowest BCUT2D eigenvalue weighted by molar-refractivity contribution is 0.0994. The van der Waals surface area contributed by atoms with E-state index in [2.05, 4.69) is 22.0 Å². The Morgan fingerprint density at radius 1 is 1.19 bits per heavy atom. The van der Waals surface area contributed by atoms with E-state index < -0.39 is 5.91 Å². The van der Waals surface area contributed by atoms with Gasteiger partial charge in [-0.3, -0.25) is 4.79 Å². The summed E-state index contributed by atoms with van der Waals surface area (Å²) in [5, 5.41) is 8.05. The van der Waals surface area contributed by atoms with Crippen LogP contribution >= 0.6 is 0 Å². The minimum Gasteiger partial charge on any atom is -0.364 e. The van der Waals surface area contributed by atoms with Gasteiger partial charge in [0.1, 0.15) is 0 Å². The summed E-state index contributed by atoms with van der Waals surface area (Å²) in [5.74, 6) is 1.24. The van der Waals surface area contributed by atoms with Crippen molar-refractivity contribution in [2.24, 2.45) is 17.1 Å². The molecule has 0 aromatic carbocycles. The third-order valence-electron chi connectivity index (χ3n) is 5.39. The number of carbonyl (C=O) groups is 1. The molecule has 2 aliphatic rings. The van der Waals surface area contributed by atoms with Crippen LogP contribution in [-0.2, 0) is 0 Å². The van der Waals surface area contributed by atoms with Crippen molar-refractivity contribution in [2.45, 2.75) is 45.4 Å². The highest BCUT2D eigenvalue weighted by molar-refractivity contribution is 5.90. The maximum atomic E-state index is 11.0. The normalized spacial score (nSPS) is 22.4. The Morgan fingerprint density at radius 3 is 2.38 bits per heavy atom. The van der Waals surface area contributed by atoms with Crippen molar-refractivity contribution in [1.82, 2.24) is 10.2 Å². The molecule has 0 radical (unpaired) electrons. The van der Waals surface area contributed by atoms with Crippen molar-refractivity contribution in [3.8, 4) is 0 Å². The van der Waals surface area contributed by atoms with E-state index in [1.807, 2.05) is 6.07 Å². The van der Waals surface area contributed by atoms with Crippen LogP contribution in [0.5, 0.6) is 0 Å². The predicted molar refractivity (Wildman–Crippen MR) is 82.1 cm³/mol. The van der Waals surface area contributed by atoms with Crippen LogP contribution in [0.3, 0.4) is 0 Å². The average Bonchev–Trinajstić information content (AvgIpc) is 2.51. The number of nitrogens with two attached hydrogens (primary N) is 1. The van der Waals surface area contributed by atoms with Gasteiger partial charge >= 0.3 is 0 Å². The van der Waals surface area contributed by atoms with Crippen LogP contribution in [0.4, 0.5) is 5.82 Å². The molecule has 0 atom stereocenters. The van der Waals surface area contributed by atoms with Gasteiger partial charge in [0.15, 0.2) is 11.5 Å². The van der Waals surface area contributed by atoms with E-state index in [0.717, 1.165) is 24.8 Å². The minimum atomic E-state index is -0.525. The van der Waals surface area contributed by atoms with Crippen molar-refractivity contribution >= 4 is 11.7 Å². The predicted octanol–water partition coefficient (Wildman–Crippen LogP) is 2.37. The number of aromatic nitrogens is 2. The molecule has 2 N–H and O–H groups in total. The summed E-state index contributed by atoms with van der Waals surface area (Å²) in [4.78, 5) is 13.3. The van der Waals surface area contributed by atoms with Crippen LogP contribution in [0.2, 0.25) is 0 Å². The molecule has 1 aliphatic carbocycles. The van der Waals surface area contributed by atoms with Crippen molar-refractivity contribution in [3.05, 3.63) is 17.8 Å². The zero-order chi connectivity index (χ0) is 14.9. The molecule has 2 fully saturated rings. The molecule has 5 heteroatoms. The van der Waals surface area contributed by atoms with Gasteiger partial charge in [-0.15, -0.1) is 10.2 Å². The highest BCUT2D eigenvalue weighted by Gasteiger charge is 2.37. The van der Waals surface area contributed by atoms with E-state index in [-0.39, 0.29) is 5.69 Å². The quantitative estimate of drug-likeness (QED) is 0.907. The summed E-state index contributed by atoms with van der Waals surface area (Å²) in [6.07, 6.45) is 8.03. The van der Waals surface area contributed by atoms with Crippen molar-refractivity contribution in [3.63, 3.8) is 0 Å². The molecular formula is C16H24N4O. The number of hydrogen-bond donors (Lipinski definition) is 1. The van der Waals surface area contributed by atoms with Gasteiger partial charge in [-0.2, -0.15) is 0 Å². The molecule has 1 saturated heterocycles. The van der Waals surface area contributed by atoms with Gasteiger partial charge in [-0.25, -0.2) is 0 Å². The summed E-state index contributed by atoms with van der Waals surface area (Å²) in [6, 6.07) is 3.52. The number of rotatable bonds is 2. The monoisotopic (exact) mass is 288 g/mol. The second-order valence-corrected chi connectivity index (χ2v) is 6.81. The van der Waals surface area contributed by atoms with Gasteiger partial charge < -0.3 is 10.6 Å². The molecule has 0 bridgehead atoms. The number of amides is 1. The van der Waals surface area contributed by atoms with Crippen LogP contribution in [-0.4, -0.2) is 29.2 Å². The van der Waals surface area contributed by atoms with Crippen molar-refractivity contribution in [2.75, 3.05) is 18.0 Å². The van der Waals surface area contributed by atoms with Crippen LogP contribution in [0.1, 0.15) is 55.9 Å². The van der Waals surface area contributed by atoms with E-state index in [0.29, 0.717) is 5.41 Å². The lowest BCUT2D eigenvalue weighted by Gasteiger charge is -2.45. The third-order valence-corrected chi connectivity index (χ3v) is 5.39. The SMILES string of the molecule is CC1CCC2(CC1)CCN(c1ccc(C(N)=O)nn1)CC2. The topological polar surface area (TPSA) is 72.1 Å². The largest absolute Gasteiger partial charge is 0.364 e. The number of anilines is 1. The summed E-state index contributed by atoms with van der Waals surface area (Å²) in [7, 11) is 0. The molecule has 2 heterocycles. The summed E-state index contributed by atoms with van der Waals surface area (Å²) < 4.78 is 0. The maximum absolute atomic E-state index is 11.0. The fourth-order valence-electron chi connectivity index (χ4n) is 3.71. The van der Waals surface area contributed by atoms with Gasteiger partial charge in [0.2, 0.25) is 0 Å². The first kappa shape index (κ1) is 14.3. The third kappa shape index (κ3) is 3.01. The van der Waals surface area contributed by atoms with E-state index in [1.165, 1.54) is 38.5 Å². The molecule has 1 amide bonds. The second kappa shape index (κ2) is 5.62. The summed E-state index contributed by atoms with van der Waals surface area (Å²) in [5.41, 5.74) is 5.99. The zero-order valence-corrected chi connectivity index (χ0v) is 12.7. The molecule has 3 rings (SSSR count). The van der Waals surface area contributed by atoms with Gasteiger partial charge in [-0.05, 0) is 49.1 Å². The second-order valence-electron chi connectivity index (χ2n) is 6.81. The standard InChI is InChI=1S/C16H24N4O/c1-12-4-6-16(7-5-12)8-10-20(11-9-16)14-3-2-13(15(17)21)18-19-14/h2-3,12H,4-11H2,1H3,(H2,17,21). The highest BCUT2D eigenvalue weighted by atomic mass is 16.1. The Morgan fingerprint density at radius 2 is 1.86 bits per heavy atom. The molecule has 114 valence electrons. The van der Waals surface area contributed by atoms with Gasteiger partial charge in [0.05, 0.1) is 0 Å². The molecule has 21 heavy (non-hydrogen) atoms.